The van der Waals surface area contributed by atoms with Crippen LogP contribution in [0.1, 0.15) is 42.5 Å². The lowest BCUT2D eigenvalue weighted by Gasteiger charge is -2.26. The molecule has 1 fully saturated rings. The van der Waals surface area contributed by atoms with E-state index in [1.807, 2.05) is 30.3 Å². The molecule has 2 aromatic carbocycles. The quantitative estimate of drug-likeness (QED) is 0.206. The van der Waals surface area contributed by atoms with Gasteiger partial charge in [0.15, 0.2) is 11.5 Å². The molecule has 0 radical (unpaired) electrons. The van der Waals surface area contributed by atoms with Crippen molar-refractivity contribution in [1.82, 2.24) is 9.88 Å². The molecule has 1 N–H and O–H groups in total. The van der Waals surface area contributed by atoms with Crippen molar-refractivity contribution < 1.29 is 24.2 Å². The van der Waals surface area contributed by atoms with Gasteiger partial charge in [0.25, 0.3) is 11.7 Å². The van der Waals surface area contributed by atoms with Crippen molar-refractivity contribution in [3.05, 3.63) is 95.3 Å². The molecule has 2 heterocycles. The van der Waals surface area contributed by atoms with Crippen LogP contribution in [0.5, 0.6) is 11.5 Å². The number of likely N-dealkylation sites (tertiary alicyclic amines) is 1. The van der Waals surface area contributed by atoms with E-state index in [0.717, 1.165) is 18.4 Å². The number of aliphatic hydroxyl groups excluding tert-OH is 1. The second-order valence-electron chi connectivity index (χ2n) is 8.26. The number of rotatable bonds is 9. The third kappa shape index (κ3) is 5.04. The number of pyridine rings is 1. The van der Waals surface area contributed by atoms with E-state index in [1.165, 1.54) is 17.3 Å². The van der Waals surface area contributed by atoms with Crippen LogP contribution in [0.25, 0.3) is 5.76 Å². The van der Waals surface area contributed by atoms with Crippen molar-refractivity contribution in [2.45, 2.75) is 32.4 Å². The number of nitrogens with zero attached hydrogens (tertiary/aromatic N) is 2. The molecule has 1 unspecified atom stereocenters. The van der Waals surface area contributed by atoms with Crippen molar-refractivity contribution in [3.63, 3.8) is 0 Å². The van der Waals surface area contributed by atoms with Crippen molar-refractivity contribution in [1.29, 1.82) is 0 Å². The summed E-state index contributed by atoms with van der Waals surface area (Å²) in [4.78, 5) is 31.9. The molecule has 4 rings (SSSR count). The number of benzene rings is 2. The Morgan fingerprint density at radius 3 is 2.46 bits per heavy atom. The molecule has 0 aliphatic carbocycles. The largest absolute Gasteiger partial charge is 0.507 e. The minimum atomic E-state index is -0.804. The maximum absolute atomic E-state index is 13.2. The van der Waals surface area contributed by atoms with E-state index < -0.39 is 17.7 Å². The first kappa shape index (κ1) is 24.0. The molecule has 0 saturated carbocycles. The summed E-state index contributed by atoms with van der Waals surface area (Å²) in [5.41, 5.74) is 1.94. The monoisotopic (exact) mass is 472 g/mol. The maximum Gasteiger partial charge on any atom is 0.295 e. The van der Waals surface area contributed by atoms with Crippen molar-refractivity contribution >= 4 is 17.4 Å². The highest BCUT2D eigenvalue weighted by atomic mass is 16.5. The fourth-order valence-corrected chi connectivity index (χ4v) is 4.14. The molecular weight excluding hydrogens is 444 g/mol. The number of Topliss-reactive ketones (excluding diaryl/α,β-unsaturated/α-hetero) is 1. The van der Waals surface area contributed by atoms with Gasteiger partial charge in [0.05, 0.1) is 25.3 Å². The molecule has 1 aliphatic rings. The number of unbranched alkanes of at least 4 members (excludes halogenated alkanes) is 1. The van der Waals surface area contributed by atoms with E-state index in [-0.39, 0.29) is 17.9 Å². The number of aliphatic hydroxyl groups is 1. The fourth-order valence-electron chi connectivity index (χ4n) is 4.14. The topological polar surface area (TPSA) is 89.0 Å². The van der Waals surface area contributed by atoms with Crippen LogP contribution in [-0.4, -0.2) is 40.4 Å². The Morgan fingerprint density at radius 1 is 1.03 bits per heavy atom. The number of hydrogen-bond acceptors (Lipinski definition) is 6. The first-order valence-electron chi connectivity index (χ1n) is 11.6. The Labute approximate surface area is 204 Å². The van der Waals surface area contributed by atoms with Gasteiger partial charge >= 0.3 is 0 Å². The molecule has 180 valence electrons. The first-order chi connectivity index (χ1) is 17.0. The standard InChI is InChI=1S/C28H28N2O5/c1-3-4-16-35-22-11-10-21(17-23(22)34-2)25-24(26(31)20-12-14-29-15-13-20)27(32)28(33)30(25)18-19-8-6-5-7-9-19/h5-15,17,25,31H,3-4,16,18H2,1-2H3. The zero-order valence-electron chi connectivity index (χ0n) is 19.8. The number of methoxy groups -OCH3 is 1. The number of aromatic nitrogens is 1. The maximum atomic E-state index is 13.2. The van der Waals surface area contributed by atoms with E-state index in [4.69, 9.17) is 9.47 Å². The van der Waals surface area contributed by atoms with E-state index in [9.17, 15) is 14.7 Å². The molecule has 0 bridgehead atoms. The fraction of sp³-hybridized carbons (Fsp3) is 0.250. The molecule has 7 nitrogen and oxygen atoms in total. The second-order valence-corrected chi connectivity index (χ2v) is 8.26. The number of hydrogen-bond donors (Lipinski definition) is 1. The Balaban J connectivity index is 1.82. The first-order valence-corrected chi connectivity index (χ1v) is 11.6. The Morgan fingerprint density at radius 2 is 1.77 bits per heavy atom. The summed E-state index contributed by atoms with van der Waals surface area (Å²) in [6.07, 6.45) is 4.96. The highest BCUT2D eigenvalue weighted by Gasteiger charge is 2.46. The van der Waals surface area contributed by atoms with Crippen molar-refractivity contribution in [2.24, 2.45) is 0 Å². The van der Waals surface area contributed by atoms with Crippen LogP contribution in [0.15, 0.2) is 78.6 Å². The van der Waals surface area contributed by atoms with Gasteiger partial charge in [-0.3, -0.25) is 14.6 Å². The zero-order chi connectivity index (χ0) is 24.8. The molecule has 1 saturated heterocycles. The summed E-state index contributed by atoms with van der Waals surface area (Å²) in [7, 11) is 1.55. The smallest absolute Gasteiger partial charge is 0.295 e. The predicted octanol–water partition coefficient (Wildman–Crippen LogP) is 4.89. The zero-order valence-corrected chi connectivity index (χ0v) is 19.8. The van der Waals surface area contributed by atoms with E-state index in [2.05, 4.69) is 11.9 Å². The average molecular weight is 473 g/mol. The Hall–Kier alpha value is -4.13. The summed E-state index contributed by atoms with van der Waals surface area (Å²) in [6.45, 7) is 2.85. The van der Waals surface area contributed by atoms with E-state index >= 15 is 0 Å². The number of ketones is 1. The van der Waals surface area contributed by atoms with Crippen LogP contribution in [0.3, 0.4) is 0 Å². The van der Waals surface area contributed by atoms with Gasteiger partial charge in [0, 0.05) is 24.5 Å². The Kier molecular flexibility index (Phi) is 7.45. The highest BCUT2D eigenvalue weighted by molar-refractivity contribution is 6.46. The Bertz CT molecular complexity index is 1220. The van der Waals surface area contributed by atoms with Gasteiger partial charge in [-0.05, 0) is 41.8 Å². The summed E-state index contributed by atoms with van der Waals surface area (Å²) in [5.74, 6) is -0.570. The molecule has 7 heteroatoms. The van der Waals surface area contributed by atoms with E-state index in [1.54, 1.807) is 37.4 Å². The third-order valence-corrected chi connectivity index (χ3v) is 5.95. The van der Waals surface area contributed by atoms with Crippen LogP contribution < -0.4 is 9.47 Å². The lowest BCUT2D eigenvalue weighted by Crippen LogP contribution is -2.29. The molecule has 35 heavy (non-hydrogen) atoms. The molecule has 3 aromatic rings. The molecular formula is C28H28N2O5. The van der Waals surface area contributed by atoms with Crippen LogP contribution >= 0.6 is 0 Å². The van der Waals surface area contributed by atoms with Crippen LogP contribution in [0.2, 0.25) is 0 Å². The van der Waals surface area contributed by atoms with Gasteiger partial charge in [-0.15, -0.1) is 0 Å². The number of carbonyl (C=O) groups excluding carboxylic acids is 2. The van der Waals surface area contributed by atoms with Crippen molar-refractivity contribution in [3.8, 4) is 11.5 Å². The molecule has 1 aromatic heterocycles. The average Bonchev–Trinajstić information content (AvgIpc) is 3.14. The predicted molar refractivity (Wildman–Crippen MR) is 132 cm³/mol. The molecule has 1 amide bonds. The summed E-state index contributed by atoms with van der Waals surface area (Å²) in [5, 5.41) is 11.1. The van der Waals surface area contributed by atoms with E-state index in [0.29, 0.717) is 29.2 Å². The van der Waals surface area contributed by atoms with Crippen LogP contribution in [0.4, 0.5) is 0 Å². The van der Waals surface area contributed by atoms with Gasteiger partial charge < -0.3 is 19.5 Å². The summed E-state index contributed by atoms with van der Waals surface area (Å²) >= 11 is 0. The number of amides is 1. The third-order valence-electron chi connectivity index (χ3n) is 5.95. The van der Waals surface area contributed by atoms with Crippen LogP contribution in [-0.2, 0) is 16.1 Å². The summed E-state index contributed by atoms with van der Waals surface area (Å²) < 4.78 is 11.4. The van der Waals surface area contributed by atoms with Crippen LogP contribution in [0, 0.1) is 0 Å². The second kappa shape index (κ2) is 10.9. The van der Waals surface area contributed by atoms with Gasteiger partial charge in [-0.25, -0.2) is 0 Å². The summed E-state index contributed by atoms with van der Waals surface area (Å²) in [6, 6.07) is 17.2. The minimum absolute atomic E-state index is 0.0267. The lowest BCUT2D eigenvalue weighted by atomic mass is 9.95. The number of carbonyl (C=O) groups is 2. The normalized spacial score (nSPS) is 17.0. The van der Waals surface area contributed by atoms with Crippen molar-refractivity contribution in [2.75, 3.05) is 13.7 Å². The number of ether oxygens (including phenoxy) is 2. The van der Waals surface area contributed by atoms with Gasteiger partial charge in [-0.1, -0.05) is 49.7 Å². The molecule has 1 atom stereocenters. The molecule has 0 spiro atoms. The SMILES string of the molecule is CCCCOc1ccc(C2C(=C(O)c3ccncc3)C(=O)C(=O)N2Cc2ccccc2)cc1OC. The van der Waals surface area contributed by atoms with Gasteiger partial charge in [-0.2, -0.15) is 0 Å². The lowest BCUT2D eigenvalue weighted by molar-refractivity contribution is -0.140. The minimum Gasteiger partial charge on any atom is -0.507 e. The highest BCUT2D eigenvalue weighted by Crippen LogP contribution is 2.42. The van der Waals surface area contributed by atoms with Gasteiger partial charge in [0.1, 0.15) is 5.76 Å². The van der Waals surface area contributed by atoms with Gasteiger partial charge in [0.2, 0.25) is 0 Å². The molecule has 1 aliphatic heterocycles.